The lowest BCUT2D eigenvalue weighted by atomic mass is 9.97. The maximum absolute atomic E-state index is 12.4. The second kappa shape index (κ2) is 10.2. The molecule has 0 radical (unpaired) electrons. The van der Waals surface area contributed by atoms with Crippen molar-refractivity contribution in [2.45, 2.75) is 39.0 Å². The Balaban J connectivity index is 1.30. The van der Waals surface area contributed by atoms with E-state index in [1.807, 2.05) is 24.0 Å². The third-order valence-electron chi connectivity index (χ3n) is 6.88. The number of piperazine rings is 1. The van der Waals surface area contributed by atoms with Crippen molar-refractivity contribution >= 4 is 6.29 Å². The van der Waals surface area contributed by atoms with E-state index in [4.69, 9.17) is 4.52 Å². The van der Waals surface area contributed by atoms with Crippen LogP contribution in [0.25, 0.3) is 11.5 Å². The molecule has 0 N–H and O–H groups in total. The van der Waals surface area contributed by atoms with Gasteiger partial charge in [-0.25, -0.2) is 0 Å². The molecule has 0 spiro atoms. The van der Waals surface area contributed by atoms with Crippen LogP contribution in [0.15, 0.2) is 40.9 Å². The summed E-state index contributed by atoms with van der Waals surface area (Å²) in [4.78, 5) is 23.3. The van der Waals surface area contributed by atoms with Crippen molar-refractivity contribution < 1.29 is 27.2 Å². The maximum Gasteiger partial charge on any atom is 0.573 e. The largest absolute Gasteiger partial charge is 0.573 e. The number of halogens is 3. The fraction of sp³-hybridized carbons (Fsp3) is 0.423. The van der Waals surface area contributed by atoms with E-state index in [0.29, 0.717) is 31.3 Å². The summed E-state index contributed by atoms with van der Waals surface area (Å²) in [5.41, 5.74) is 4.45. The first-order chi connectivity index (χ1) is 17.7. The van der Waals surface area contributed by atoms with Crippen LogP contribution in [-0.2, 0) is 24.4 Å². The number of rotatable bonds is 7. The van der Waals surface area contributed by atoms with Crippen LogP contribution in [0, 0.1) is 6.92 Å². The zero-order valence-electron chi connectivity index (χ0n) is 20.7. The highest BCUT2D eigenvalue weighted by atomic mass is 19.4. The summed E-state index contributed by atoms with van der Waals surface area (Å²) >= 11 is 0. The smallest absolute Gasteiger partial charge is 0.406 e. The zero-order chi connectivity index (χ0) is 26.2. The molecule has 1 aromatic heterocycles. The van der Waals surface area contributed by atoms with E-state index in [-0.39, 0.29) is 5.75 Å². The lowest BCUT2D eigenvalue weighted by Crippen LogP contribution is -2.44. The molecule has 2 aliphatic heterocycles. The average Bonchev–Trinajstić information content (AvgIpc) is 3.45. The Morgan fingerprint density at radius 1 is 1.11 bits per heavy atom. The number of hydrogen-bond acceptors (Lipinski definition) is 8. The predicted molar refractivity (Wildman–Crippen MR) is 128 cm³/mol. The number of benzene rings is 2. The SMILES string of the molecule is Cc1cc(-c2nc(CN3CCN(C)CC3)no2)cc2c1C(C=O)N(Cc1ccc(OC(F)(F)F)cc1)C2. The highest BCUT2D eigenvalue weighted by Gasteiger charge is 2.33. The second-order valence-corrected chi connectivity index (χ2v) is 9.64. The van der Waals surface area contributed by atoms with Gasteiger partial charge in [-0.2, -0.15) is 4.98 Å². The van der Waals surface area contributed by atoms with Crippen LogP contribution >= 0.6 is 0 Å². The third kappa shape index (κ3) is 5.84. The molecule has 37 heavy (non-hydrogen) atoms. The Morgan fingerprint density at radius 3 is 2.51 bits per heavy atom. The van der Waals surface area contributed by atoms with Gasteiger partial charge in [-0.05, 0) is 60.5 Å². The van der Waals surface area contributed by atoms with Gasteiger partial charge in [-0.15, -0.1) is 13.2 Å². The molecule has 2 aromatic carbocycles. The molecular formula is C26H28F3N5O3. The fourth-order valence-corrected chi connectivity index (χ4v) is 5.03. The molecule has 2 aliphatic rings. The van der Waals surface area contributed by atoms with Gasteiger partial charge in [-0.1, -0.05) is 17.3 Å². The molecule has 5 rings (SSSR count). The van der Waals surface area contributed by atoms with Crippen molar-refractivity contribution in [2.75, 3.05) is 33.2 Å². The van der Waals surface area contributed by atoms with Gasteiger partial charge < -0.3 is 19.0 Å². The lowest BCUT2D eigenvalue weighted by molar-refractivity contribution is -0.274. The van der Waals surface area contributed by atoms with Gasteiger partial charge in [-0.3, -0.25) is 9.80 Å². The van der Waals surface area contributed by atoms with Crippen LogP contribution in [0.5, 0.6) is 5.75 Å². The number of aryl methyl sites for hydroxylation is 1. The molecular weight excluding hydrogens is 487 g/mol. The number of aldehydes is 1. The quantitative estimate of drug-likeness (QED) is 0.438. The molecule has 11 heteroatoms. The van der Waals surface area contributed by atoms with Crippen molar-refractivity contribution in [3.05, 3.63) is 64.5 Å². The van der Waals surface area contributed by atoms with Gasteiger partial charge >= 0.3 is 6.36 Å². The minimum Gasteiger partial charge on any atom is -0.406 e. The van der Waals surface area contributed by atoms with Crippen LogP contribution in [0.2, 0.25) is 0 Å². The van der Waals surface area contributed by atoms with E-state index in [9.17, 15) is 18.0 Å². The summed E-state index contributed by atoms with van der Waals surface area (Å²) in [5.74, 6) is 0.805. The number of carbonyl (C=O) groups excluding carboxylic acids is 1. The Morgan fingerprint density at radius 2 is 1.84 bits per heavy atom. The maximum atomic E-state index is 12.4. The van der Waals surface area contributed by atoms with E-state index in [1.54, 1.807) is 12.1 Å². The summed E-state index contributed by atoms with van der Waals surface area (Å²) in [5, 5.41) is 4.17. The van der Waals surface area contributed by atoms with Crippen molar-refractivity contribution in [1.82, 2.24) is 24.8 Å². The van der Waals surface area contributed by atoms with E-state index in [2.05, 4.69) is 31.7 Å². The minimum absolute atomic E-state index is 0.278. The van der Waals surface area contributed by atoms with E-state index >= 15 is 0 Å². The van der Waals surface area contributed by atoms with Gasteiger partial charge in [0.25, 0.3) is 5.89 Å². The normalized spacial score (nSPS) is 19.2. The third-order valence-corrected chi connectivity index (χ3v) is 6.88. The summed E-state index contributed by atoms with van der Waals surface area (Å²) < 4.78 is 46.8. The highest BCUT2D eigenvalue weighted by molar-refractivity contribution is 5.69. The molecule has 1 atom stereocenters. The number of aromatic nitrogens is 2. The van der Waals surface area contributed by atoms with Gasteiger partial charge in [0, 0.05) is 44.8 Å². The number of nitrogens with zero attached hydrogens (tertiary/aromatic N) is 5. The van der Waals surface area contributed by atoms with Crippen LogP contribution in [0.1, 0.15) is 34.1 Å². The first-order valence-corrected chi connectivity index (χ1v) is 12.1. The van der Waals surface area contributed by atoms with E-state index in [1.165, 1.54) is 12.1 Å². The Bertz CT molecular complexity index is 1250. The topological polar surface area (TPSA) is 74.9 Å². The van der Waals surface area contributed by atoms with Gasteiger partial charge in [0.1, 0.15) is 12.0 Å². The fourth-order valence-electron chi connectivity index (χ4n) is 5.03. The molecule has 0 bridgehead atoms. The van der Waals surface area contributed by atoms with Crippen LogP contribution < -0.4 is 4.74 Å². The molecule has 1 saturated heterocycles. The highest BCUT2D eigenvalue weighted by Crippen LogP contribution is 2.38. The Labute approximate surface area is 212 Å². The number of likely N-dealkylation sites (N-methyl/N-ethyl adjacent to an activating group) is 1. The molecule has 1 fully saturated rings. The Kier molecular flexibility index (Phi) is 7.02. The first-order valence-electron chi connectivity index (χ1n) is 12.1. The van der Waals surface area contributed by atoms with E-state index in [0.717, 1.165) is 60.3 Å². The van der Waals surface area contributed by atoms with Gasteiger partial charge in [0.2, 0.25) is 0 Å². The van der Waals surface area contributed by atoms with Crippen molar-refractivity contribution in [2.24, 2.45) is 0 Å². The summed E-state index contributed by atoms with van der Waals surface area (Å²) in [6, 6.07) is 9.18. The second-order valence-electron chi connectivity index (χ2n) is 9.64. The first kappa shape index (κ1) is 25.4. The molecule has 0 saturated carbocycles. The molecule has 3 heterocycles. The molecule has 1 unspecified atom stereocenters. The van der Waals surface area contributed by atoms with Crippen LogP contribution in [0.4, 0.5) is 13.2 Å². The number of ether oxygens (including phenoxy) is 1. The summed E-state index contributed by atoms with van der Waals surface area (Å²) in [7, 11) is 2.11. The average molecular weight is 516 g/mol. The molecule has 196 valence electrons. The zero-order valence-corrected chi connectivity index (χ0v) is 20.7. The van der Waals surface area contributed by atoms with Crippen molar-refractivity contribution in [3.8, 4) is 17.2 Å². The Hall–Kier alpha value is -3.28. The van der Waals surface area contributed by atoms with E-state index < -0.39 is 12.4 Å². The van der Waals surface area contributed by atoms with Crippen molar-refractivity contribution in [3.63, 3.8) is 0 Å². The molecule has 0 amide bonds. The van der Waals surface area contributed by atoms with Crippen LogP contribution in [0.3, 0.4) is 0 Å². The summed E-state index contributed by atoms with van der Waals surface area (Å²) in [6.45, 7) is 7.43. The van der Waals surface area contributed by atoms with Crippen molar-refractivity contribution in [1.29, 1.82) is 0 Å². The number of carbonyl (C=O) groups is 1. The number of alkyl halides is 3. The minimum atomic E-state index is -4.74. The van der Waals surface area contributed by atoms with Gasteiger partial charge in [0.05, 0.1) is 12.6 Å². The molecule has 3 aromatic rings. The molecule has 8 nitrogen and oxygen atoms in total. The number of hydrogen-bond donors (Lipinski definition) is 0. The van der Waals surface area contributed by atoms with Crippen LogP contribution in [-0.4, -0.2) is 70.7 Å². The predicted octanol–water partition coefficient (Wildman–Crippen LogP) is 3.95. The number of fused-ring (bicyclic) bond motifs is 1. The lowest BCUT2D eigenvalue weighted by Gasteiger charge is -2.31. The van der Waals surface area contributed by atoms with Gasteiger partial charge in [0.15, 0.2) is 5.82 Å². The standard InChI is InChI=1S/C26H28F3N5O3/c1-17-11-19(25-30-23(31-37-25)15-33-9-7-32(2)8-10-33)12-20-14-34(22(16-35)24(17)20)13-18-3-5-21(6-4-18)36-26(27,28)29/h3-6,11-12,16,22H,7-10,13-15H2,1-2H3. The summed E-state index contributed by atoms with van der Waals surface area (Å²) in [6.07, 6.45) is -3.83. The molecule has 0 aliphatic carbocycles. The monoisotopic (exact) mass is 515 g/mol.